The fourth-order valence-electron chi connectivity index (χ4n) is 2.11. The minimum Gasteiger partial charge on any atom is -0.305 e. The maximum atomic E-state index is 4.22. The van der Waals surface area contributed by atoms with Gasteiger partial charge in [0.25, 0.3) is 0 Å². The lowest BCUT2D eigenvalue weighted by Crippen LogP contribution is -2.24. The summed E-state index contributed by atoms with van der Waals surface area (Å²) in [5.41, 5.74) is 4.90. The maximum absolute atomic E-state index is 4.22. The molecule has 1 atom stereocenters. The number of aromatic nitrogens is 2. The lowest BCUT2D eigenvalue weighted by molar-refractivity contribution is 0.583. The van der Waals surface area contributed by atoms with Crippen molar-refractivity contribution in [3.63, 3.8) is 0 Å². The second-order valence-electron chi connectivity index (χ2n) is 4.58. The summed E-state index contributed by atoms with van der Waals surface area (Å²) in [5.74, 6) is 0. The summed E-state index contributed by atoms with van der Waals surface area (Å²) in [6.45, 7) is 7.43. The highest BCUT2D eigenvalue weighted by atomic mass is 32.1. The molecule has 1 heterocycles. The quantitative estimate of drug-likeness (QED) is 0.898. The van der Waals surface area contributed by atoms with E-state index in [1.165, 1.54) is 28.2 Å². The van der Waals surface area contributed by atoms with Gasteiger partial charge in [0.15, 0.2) is 0 Å². The van der Waals surface area contributed by atoms with E-state index < -0.39 is 0 Å². The first-order valence-electron chi connectivity index (χ1n) is 6.30. The van der Waals surface area contributed by atoms with E-state index in [4.69, 9.17) is 0 Å². The van der Waals surface area contributed by atoms with Crippen LogP contribution in [-0.2, 0) is 0 Å². The minimum atomic E-state index is 0.157. The Morgan fingerprint density at radius 3 is 2.78 bits per heavy atom. The largest absolute Gasteiger partial charge is 0.305 e. The fraction of sp³-hybridized carbons (Fsp3) is 0.429. The highest BCUT2D eigenvalue weighted by Gasteiger charge is 2.17. The van der Waals surface area contributed by atoms with Crippen LogP contribution in [0.25, 0.3) is 0 Å². The first-order chi connectivity index (χ1) is 8.72. The number of hydrogen-bond donors (Lipinski definition) is 1. The van der Waals surface area contributed by atoms with Gasteiger partial charge in [0.2, 0.25) is 0 Å². The van der Waals surface area contributed by atoms with Crippen LogP contribution in [0.4, 0.5) is 0 Å². The fourth-order valence-corrected chi connectivity index (χ4v) is 2.59. The highest BCUT2D eigenvalue weighted by Crippen LogP contribution is 2.24. The van der Waals surface area contributed by atoms with Crippen molar-refractivity contribution in [3.8, 4) is 0 Å². The Morgan fingerprint density at radius 2 is 2.17 bits per heavy atom. The molecule has 1 aromatic heterocycles. The molecule has 2 rings (SSSR count). The van der Waals surface area contributed by atoms with E-state index in [0.717, 1.165) is 18.7 Å². The predicted molar refractivity (Wildman–Crippen MR) is 76.0 cm³/mol. The summed E-state index contributed by atoms with van der Waals surface area (Å²) in [6, 6.07) is 6.72. The Kier molecular flexibility index (Phi) is 4.44. The zero-order valence-corrected chi connectivity index (χ0v) is 11.9. The number of aryl methyl sites for hydroxylation is 2. The molecule has 0 amide bonds. The molecule has 0 aliphatic heterocycles. The topological polar surface area (TPSA) is 37.8 Å². The van der Waals surface area contributed by atoms with E-state index in [-0.39, 0.29) is 6.04 Å². The monoisotopic (exact) mass is 261 g/mol. The number of nitrogens with zero attached hydrogens (tertiary/aromatic N) is 2. The van der Waals surface area contributed by atoms with Crippen molar-refractivity contribution in [1.29, 1.82) is 0 Å². The number of benzene rings is 1. The SMILES string of the molecule is CCCNC(c1csnn1)c1ccc(C)cc1C. The van der Waals surface area contributed by atoms with Gasteiger partial charge < -0.3 is 5.32 Å². The van der Waals surface area contributed by atoms with Crippen LogP contribution in [0.2, 0.25) is 0 Å². The van der Waals surface area contributed by atoms with Crippen molar-refractivity contribution in [1.82, 2.24) is 14.9 Å². The molecule has 4 heteroatoms. The molecule has 0 saturated carbocycles. The summed E-state index contributed by atoms with van der Waals surface area (Å²) in [7, 11) is 0. The second-order valence-corrected chi connectivity index (χ2v) is 5.19. The van der Waals surface area contributed by atoms with Crippen molar-refractivity contribution in [2.75, 3.05) is 6.54 Å². The van der Waals surface area contributed by atoms with Crippen molar-refractivity contribution in [2.24, 2.45) is 0 Å². The molecule has 0 fully saturated rings. The van der Waals surface area contributed by atoms with Crippen LogP contribution in [0, 0.1) is 13.8 Å². The van der Waals surface area contributed by atoms with Crippen LogP contribution in [0.5, 0.6) is 0 Å². The maximum Gasteiger partial charge on any atom is 0.0970 e. The lowest BCUT2D eigenvalue weighted by Gasteiger charge is -2.19. The van der Waals surface area contributed by atoms with Gasteiger partial charge in [0, 0.05) is 5.38 Å². The smallest absolute Gasteiger partial charge is 0.0970 e. The van der Waals surface area contributed by atoms with E-state index in [0.29, 0.717) is 0 Å². The van der Waals surface area contributed by atoms with Gasteiger partial charge in [-0.15, -0.1) is 5.10 Å². The van der Waals surface area contributed by atoms with Crippen LogP contribution >= 0.6 is 11.5 Å². The third kappa shape index (κ3) is 2.94. The molecule has 96 valence electrons. The second kappa shape index (κ2) is 6.07. The zero-order valence-electron chi connectivity index (χ0n) is 11.1. The van der Waals surface area contributed by atoms with E-state index in [1.54, 1.807) is 0 Å². The van der Waals surface area contributed by atoms with E-state index >= 15 is 0 Å². The minimum absolute atomic E-state index is 0.157. The molecule has 2 aromatic rings. The van der Waals surface area contributed by atoms with E-state index in [2.05, 4.69) is 53.9 Å². The van der Waals surface area contributed by atoms with E-state index in [9.17, 15) is 0 Å². The van der Waals surface area contributed by atoms with E-state index in [1.807, 2.05) is 5.38 Å². The molecule has 0 saturated heterocycles. The highest BCUT2D eigenvalue weighted by molar-refractivity contribution is 7.03. The Morgan fingerprint density at radius 1 is 1.33 bits per heavy atom. The van der Waals surface area contributed by atoms with Gasteiger partial charge in [0.1, 0.15) is 0 Å². The van der Waals surface area contributed by atoms with Crippen LogP contribution in [0.1, 0.15) is 41.8 Å². The summed E-state index contributed by atoms with van der Waals surface area (Å²) in [4.78, 5) is 0. The average Bonchev–Trinajstić information content (AvgIpc) is 2.85. The summed E-state index contributed by atoms with van der Waals surface area (Å²) >= 11 is 1.40. The van der Waals surface area contributed by atoms with Crippen molar-refractivity contribution in [3.05, 3.63) is 46.0 Å². The number of hydrogen-bond acceptors (Lipinski definition) is 4. The predicted octanol–water partition coefficient (Wildman–Crippen LogP) is 3.24. The lowest BCUT2D eigenvalue weighted by atomic mass is 9.97. The zero-order chi connectivity index (χ0) is 13.0. The Bertz CT molecular complexity index is 494. The molecule has 1 aromatic carbocycles. The molecule has 1 N–H and O–H groups in total. The molecule has 0 spiro atoms. The third-order valence-electron chi connectivity index (χ3n) is 3.01. The molecular formula is C14H19N3S. The van der Waals surface area contributed by atoms with Crippen LogP contribution < -0.4 is 5.32 Å². The summed E-state index contributed by atoms with van der Waals surface area (Å²) in [6.07, 6.45) is 1.11. The van der Waals surface area contributed by atoms with Gasteiger partial charge in [-0.2, -0.15) is 0 Å². The normalized spacial score (nSPS) is 12.6. The molecule has 3 nitrogen and oxygen atoms in total. The van der Waals surface area contributed by atoms with Gasteiger partial charge in [0.05, 0.1) is 11.7 Å². The first kappa shape index (κ1) is 13.2. The molecule has 0 aliphatic carbocycles. The standard InChI is InChI=1S/C14H19N3S/c1-4-7-15-14(13-9-18-17-16-13)12-6-5-10(2)8-11(12)3/h5-6,8-9,14-15H,4,7H2,1-3H3. The molecule has 18 heavy (non-hydrogen) atoms. The van der Waals surface area contributed by atoms with Crippen LogP contribution in [0.15, 0.2) is 23.6 Å². The number of nitrogens with one attached hydrogen (secondary N) is 1. The molecule has 0 bridgehead atoms. The van der Waals surface area contributed by atoms with Gasteiger partial charge >= 0.3 is 0 Å². The van der Waals surface area contributed by atoms with Crippen molar-refractivity contribution >= 4 is 11.5 Å². The average molecular weight is 261 g/mol. The van der Waals surface area contributed by atoms with Gasteiger partial charge in [-0.1, -0.05) is 35.2 Å². The van der Waals surface area contributed by atoms with Crippen LogP contribution in [-0.4, -0.2) is 16.1 Å². The summed E-state index contributed by atoms with van der Waals surface area (Å²) in [5, 5.41) is 9.79. The number of rotatable bonds is 5. The Balaban J connectivity index is 2.33. The van der Waals surface area contributed by atoms with Gasteiger partial charge in [-0.25, -0.2) is 0 Å². The third-order valence-corrected chi connectivity index (χ3v) is 3.53. The van der Waals surface area contributed by atoms with Crippen LogP contribution in [0.3, 0.4) is 0 Å². The van der Waals surface area contributed by atoms with Gasteiger partial charge in [-0.05, 0) is 49.5 Å². The first-order valence-corrected chi connectivity index (χ1v) is 7.13. The van der Waals surface area contributed by atoms with Gasteiger partial charge in [-0.3, -0.25) is 0 Å². The Hall–Kier alpha value is -1.26. The van der Waals surface area contributed by atoms with Crippen molar-refractivity contribution in [2.45, 2.75) is 33.2 Å². The molecule has 0 aliphatic rings. The molecule has 1 unspecified atom stereocenters. The molecule has 0 radical (unpaired) electrons. The summed E-state index contributed by atoms with van der Waals surface area (Å²) < 4.78 is 3.98. The molecular weight excluding hydrogens is 242 g/mol. The van der Waals surface area contributed by atoms with Crippen molar-refractivity contribution < 1.29 is 0 Å². The Labute approximate surface area is 112 Å².